The van der Waals surface area contributed by atoms with Crippen molar-refractivity contribution in [1.82, 2.24) is 10.2 Å². The van der Waals surface area contributed by atoms with Crippen molar-refractivity contribution in [3.63, 3.8) is 0 Å². The number of ether oxygens (including phenoxy) is 3. The van der Waals surface area contributed by atoms with Gasteiger partial charge in [-0.25, -0.2) is 9.59 Å². The molecule has 0 bridgehead atoms. The first kappa shape index (κ1) is 25.1. The van der Waals surface area contributed by atoms with Crippen LogP contribution in [0.4, 0.5) is 23.7 Å². The Bertz CT molecular complexity index is 883. The van der Waals surface area contributed by atoms with Gasteiger partial charge in [-0.3, -0.25) is 4.79 Å². The molecule has 0 fully saturated rings. The van der Waals surface area contributed by atoms with E-state index in [9.17, 15) is 27.6 Å². The molecule has 0 aliphatic carbocycles. The highest BCUT2D eigenvalue weighted by Gasteiger charge is 2.43. The lowest BCUT2D eigenvalue weighted by Crippen LogP contribution is -2.47. The number of amides is 2. The zero-order valence-corrected chi connectivity index (χ0v) is 18.2. The van der Waals surface area contributed by atoms with Gasteiger partial charge in [0.15, 0.2) is 6.04 Å². The molecule has 0 spiro atoms. The number of halogens is 3. The lowest BCUT2D eigenvalue weighted by Gasteiger charge is -2.30. The molecule has 1 aromatic carbocycles. The lowest BCUT2D eigenvalue weighted by atomic mass is 9.98. The minimum atomic E-state index is -4.95. The van der Waals surface area contributed by atoms with Crippen LogP contribution in [0.2, 0.25) is 0 Å². The van der Waals surface area contributed by atoms with E-state index in [1.165, 1.54) is 6.07 Å². The normalized spacial score (nSPS) is 14.8. The van der Waals surface area contributed by atoms with Crippen molar-refractivity contribution in [2.45, 2.75) is 51.6 Å². The third-order valence-electron chi connectivity index (χ3n) is 4.46. The number of carbonyl (C=O) groups is 3. The molecule has 1 aliphatic heterocycles. The fourth-order valence-electron chi connectivity index (χ4n) is 3.02. The summed E-state index contributed by atoms with van der Waals surface area (Å²) in [5.74, 6) is -2.50. The summed E-state index contributed by atoms with van der Waals surface area (Å²) in [5.41, 5.74) is 6.40. The highest BCUT2D eigenvalue weighted by molar-refractivity contribution is 5.82. The standard InChI is InChI=1S/C20H26F3N3O6/c1-19(2,3)32-18(29)25-14(16(27)30-4)10-31-15-8-11-5-6-26(17(28)20(21,22)23)9-12(11)7-13(15)24/h7-8,14H,5-6,9-10,24H2,1-4H3,(H,25,29). The Kier molecular flexibility index (Phi) is 7.47. The topological polar surface area (TPSA) is 120 Å². The van der Waals surface area contributed by atoms with Crippen LogP contribution in [0.5, 0.6) is 5.75 Å². The molecule has 0 aromatic heterocycles. The van der Waals surface area contributed by atoms with E-state index in [2.05, 4.69) is 10.1 Å². The minimum absolute atomic E-state index is 0.103. The van der Waals surface area contributed by atoms with Crippen molar-refractivity contribution in [2.24, 2.45) is 0 Å². The molecule has 2 rings (SSSR count). The maximum absolute atomic E-state index is 12.7. The van der Waals surface area contributed by atoms with Crippen LogP contribution in [0.1, 0.15) is 31.9 Å². The van der Waals surface area contributed by atoms with Crippen LogP contribution in [0.3, 0.4) is 0 Å². The zero-order valence-electron chi connectivity index (χ0n) is 18.2. The maximum atomic E-state index is 12.7. The number of methoxy groups -OCH3 is 1. The Labute approximate surface area is 183 Å². The molecule has 3 N–H and O–H groups in total. The number of alkyl carbamates (subject to hydrolysis) is 1. The zero-order chi connectivity index (χ0) is 24.3. The smallest absolute Gasteiger partial charge is 0.471 e. The molecule has 0 saturated carbocycles. The van der Waals surface area contributed by atoms with Crippen molar-refractivity contribution in [3.05, 3.63) is 23.3 Å². The molecular weight excluding hydrogens is 435 g/mol. The predicted octanol–water partition coefficient (Wildman–Crippen LogP) is 2.16. The second-order valence-electron chi connectivity index (χ2n) is 8.17. The number of esters is 1. The van der Waals surface area contributed by atoms with E-state index in [0.29, 0.717) is 16.0 Å². The van der Waals surface area contributed by atoms with E-state index in [0.717, 1.165) is 7.11 Å². The summed E-state index contributed by atoms with van der Waals surface area (Å²) in [7, 11) is 1.15. The van der Waals surface area contributed by atoms with Gasteiger partial charge in [0.25, 0.3) is 0 Å². The van der Waals surface area contributed by atoms with E-state index < -0.39 is 35.8 Å². The molecule has 1 heterocycles. The first-order valence-corrected chi connectivity index (χ1v) is 9.68. The Morgan fingerprint density at radius 1 is 1.19 bits per heavy atom. The summed E-state index contributed by atoms with van der Waals surface area (Å²) < 4.78 is 53.4. The molecule has 9 nitrogen and oxygen atoms in total. The molecule has 0 radical (unpaired) electrons. The van der Waals surface area contributed by atoms with Crippen molar-refractivity contribution in [2.75, 3.05) is 26.0 Å². The summed E-state index contributed by atoms with van der Waals surface area (Å²) in [5, 5.41) is 2.36. The molecule has 1 aliphatic rings. The molecule has 32 heavy (non-hydrogen) atoms. The molecule has 1 unspecified atom stereocenters. The number of nitrogen functional groups attached to an aromatic ring is 1. The van der Waals surface area contributed by atoms with E-state index in [1.807, 2.05) is 0 Å². The van der Waals surface area contributed by atoms with Gasteiger partial charge < -0.3 is 30.2 Å². The van der Waals surface area contributed by atoms with Gasteiger partial charge in [0.05, 0.1) is 12.8 Å². The van der Waals surface area contributed by atoms with Crippen molar-refractivity contribution in [1.29, 1.82) is 0 Å². The first-order chi connectivity index (χ1) is 14.7. The summed E-state index contributed by atoms with van der Waals surface area (Å²) in [6, 6.07) is 1.78. The summed E-state index contributed by atoms with van der Waals surface area (Å²) in [6.07, 6.45) is -5.62. The summed E-state index contributed by atoms with van der Waals surface area (Å²) in [6.45, 7) is 4.31. The van der Waals surface area contributed by atoms with Gasteiger partial charge in [-0.1, -0.05) is 0 Å². The lowest BCUT2D eigenvalue weighted by molar-refractivity contribution is -0.186. The van der Waals surface area contributed by atoms with Crippen LogP contribution in [0, 0.1) is 0 Å². The third kappa shape index (κ3) is 6.66. The van der Waals surface area contributed by atoms with Crippen LogP contribution in [-0.2, 0) is 32.0 Å². The molecule has 178 valence electrons. The number of anilines is 1. The number of fused-ring (bicyclic) bond motifs is 1. The number of hydrogen-bond donors (Lipinski definition) is 2. The molecular formula is C20H26F3N3O6. The van der Waals surface area contributed by atoms with Gasteiger partial charge in [0.1, 0.15) is 18.0 Å². The number of nitrogens with two attached hydrogens (primary N) is 1. The number of carbonyl (C=O) groups excluding carboxylic acids is 3. The van der Waals surface area contributed by atoms with Crippen LogP contribution >= 0.6 is 0 Å². The van der Waals surface area contributed by atoms with Gasteiger partial charge in [-0.15, -0.1) is 0 Å². The van der Waals surface area contributed by atoms with E-state index in [-0.39, 0.29) is 37.6 Å². The highest BCUT2D eigenvalue weighted by atomic mass is 19.4. The number of nitrogens with zero attached hydrogens (tertiary/aromatic N) is 1. The minimum Gasteiger partial charge on any atom is -0.489 e. The maximum Gasteiger partial charge on any atom is 0.471 e. The number of rotatable bonds is 5. The second-order valence-corrected chi connectivity index (χ2v) is 8.17. The van der Waals surface area contributed by atoms with Gasteiger partial charge >= 0.3 is 24.1 Å². The molecule has 0 saturated heterocycles. The summed E-state index contributed by atoms with van der Waals surface area (Å²) in [4.78, 5) is 36.2. The fourth-order valence-corrected chi connectivity index (χ4v) is 3.02. The van der Waals surface area contributed by atoms with Gasteiger partial charge in [-0.05, 0) is 50.5 Å². The molecule has 2 amide bonds. The van der Waals surface area contributed by atoms with Crippen LogP contribution < -0.4 is 15.8 Å². The third-order valence-corrected chi connectivity index (χ3v) is 4.46. The Morgan fingerprint density at radius 2 is 1.84 bits per heavy atom. The second kappa shape index (κ2) is 9.53. The predicted molar refractivity (Wildman–Crippen MR) is 107 cm³/mol. The molecule has 1 atom stereocenters. The van der Waals surface area contributed by atoms with Crippen molar-refractivity contribution < 1.29 is 41.8 Å². The quantitative estimate of drug-likeness (QED) is 0.509. The van der Waals surface area contributed by atoms with Gasteiger partial charge in [0.2, 0.25) is 0 Å². The molecule has 1 aromatic rings. The average molecular weight is 461 g/mol. The van der Waals surface area contributed by atoms with E-state index in [4.69, 9.17) is 15.2 Å². The largest absolute Gasteiger partial charge is 0.489 e. The monoisotopic (exact) mass is 461 g/mol. The van der Waals surface area contributed by atoms with Crippen LogP contribution in [0.25, 0.3) is 0 Å². The highest BCUT2D eigenvalue weighted by Crippen LogP contribution is 2.31. The summed E-state index contributed by atoms with van der Waals surface area (Å²) >= 11 is 0. The number of benzene rings is 1. The SMILES string of the molecule is COC(=O)C(COc1cc2c(cc1N)CN(C(=O)C(F)(F)F)CC2)NC(=O)OC(C)(C)C. The number of alkyl halides is 3. The number of nitrogens with one attached hydrogen (secondary N) is 1. The molecule has 12 heteroatoms. The van der Waals surface area contributed by atoms with E-state index >= 15 is 0 Å². The average Bonchev–Trinajstić information content (AvgIpc) is 2.67. The number of hydrogen-bond acceptors (Lipinski definition) is 7. The van der Waals surface area contributed by atoms with Crippen LogP contribution in [0.15, 0.2) is 12.1 Å². The van der Waals surface area contributed by atoms with Gasteiger partial charge in [0, 0.05) is 13.1 Å². The van der Waals surface area contributed by atoms with E-state index in [1.54, 1.807) is 26.8 Å². The van der Waals surface area contributed by atoms with Crippen molar-refractivity contribution in [3.8, 4) is 5.75 Å². The van der Waals surface area contributed by atoms with Gasteiger partial charge in [-0.2, -0.15) is 13.2 Å². The first-order valence-electron chi connectivity index (χ1n) is 9.68. The van der Waals surface area contributed by atoms with Crippen molar-refractivity contribution >= 4 is 23.7 Å². The Morgan fingerprint density at radius 3 is 2.41 bits per heavy atom. The Hall–Kier alpha value is -3.18. The Balaban J connectivity index is 2.10. The fraction of sp³-hybridized carbons (Fsp3) is 0.550. The van der Waals surface area contributed by atoms with Crippen LogP contribution in [-0.4, -0.2) is 61.0 Å².